The van der Waals surface area contributed by atoms with Crippen LogP contribution >= 0.6 is 0 Å². The zero-order valence-corrected chi connectivity index (χ0v) is 8.09. The average molecular weight is 181 g/mol. The second-order valence-electron chi connectivity index (χ2n) is 3.59. The van der Waals surface area contributed by atoms with Gasteiger partial charge in [0.2, 0.25) is 5.91 Å². The summed E-state index contributed by atoms with van der Waals surface area (Å²) in [6.45, 7) is 6.62. The van der Waals surface area contributed by atoms with Crippen LogP contribution in [-0.2, 0) is 9.59 Å². The van der Waals surface area contributed by atoms with Crippen molar-refractivity contribution in [1.82, 2.24) is 5.32 Å². The molecule has 2 unspecified atom stereocenters. The molecule has 0 aromatic heterocycles. The Labute approximate surface area is 78.2 Å². The number of rotatable bonds is 3. The maximum absolute atomic E-state index is 11.4. The summed E-state index contributed by atoms with van der Waals surface area (Å²) in [5, 5.41) is 2.73. The van der Waals surface area contributed by atoms with Gasteiger partial charge in [-0.1, -0.05) is 6.08 Å². The standard InChI is InChI=1S/C10H15NO2/c1-4-9-5-6-10(9,7(2)12)11-8(3)13/h4,9H,1,5-6H2,2-3H3,(H,11,13). The molecule has 0 radical (unpaired) electrons. The molecule has 1 rings (SSSR count). The summed E-state index contributed by atoms with van der Waals surface area (Å²) in [6.07, 6.45) is 3.42. The molecule has 0 heterocycles. The summed E-state index contributed by atoms with van der Waals surface area (Å²) >= 11 is 0. The third kappa shape index (κ3) is 1.50. The van der Waals surface area contributed by atoms with Gasteiger partial charge in [-0.3, -0.25) is 9.59 Å². The highest BCUT2D eigenvalue weighted by molar-refractivity contribution is 5.92. The third-order valence-electron chi connectivity index (χ3n) is 2.79. The summed E-state index contributed by atoms with van der Waals surface area (Å²) in [6, 6.07) is 0. The van der Waals surface area contributed by atoms with Crippen LogP contribution in [0.5, 0.6) is 0 Å². The summed E-state index contributed by atoms with van der Waals surface area (Å²) in [4.78, 5) is 22.3. The van der Waals surface area contributed by atoms with Crippen LogP contribution in [-0.4, -0.2) is 17.2 Å². The van der Waals surface area contributed by atoms with E-state index < -0.39 is 5.54 Å². The molecule has 0 bridgehead atoms. The van der Waals surface area contributed by atoms with Crippen LogP contribution < -0.4 is 5.32 Å². The first-order valence-corrected chi connectivity index (χ1v) is 4.45. The molecule has 1 aliphatic carbocycles. The van der Waals surface area contributed by atoms with Crippen molar-refractivity contribution in [3.63, 3.8) is 0 Å². The Hall–Kier alpha value is -1.12. The lowest BCUT2D eigenvalue weighted by atomic mass is 9.64. The zero-order valence-electron chi connectivity index (χ0n) is 8.09. The monoisotopic (exact) mass is 181 g/mol. The van der Waals surface area contributed by atoms with E-state index in [-0.39, 0.29) is 17.6 Å². The Kier molecular flexibility index (Phi) is 2.55. The van der Waals surface area contributed by atoms with E-state index in [0.29, 0.717) is 0 Å². The molecule has 1 N–H and O–H groups in total. The van der Waals surface area contributed by atoms with Crippen molar-refractivity contribution in [1.29, 1.82) is 0 Å². The number of hydrogen-bond donors (Lipinski definition) is 1. The molecule has 0 spiro atoms. The highest BCUT2D eigenvalue weighted by atomic mass is 16.2. The Morgan fingerprint density at radius 1 is 1.54 bits per heavy atom. The van der Waals surface area contributed by atoms with Gasteiger partial charge in [-0.2, -0.15) is 0 Å². The summed E-state index contributed by atoms with van der Waals surface area (Å²) in [5.41, 5.74) is -0.645. The molecule has 0 aromatic carbocycles. The highest BCUT2D eigenvalue weighted by Crippen LogP contribution is 2.40. The normalized spacial score (nSPS) is 31.7. The van der Waals surface area contributed by atoms with Gasteiger partial charge in [-0.15, -0.1) is 6.58 Å². The van der Waals surface area contributed by atoms with Crippen molar-refractivity contribution < 1.29 is 9.59 Å². The first kappa shape index (κ1) is 9.96. The van der Waals surface area contributed by atoms with Crippen LogP contribution in [0.2, 0.25) is 0 Å². The molecular formula is C10H15NO2. The Bertz CT molecular complexity index is 260. The first-order valence-electron chi connectivity index (χ1n) is 4.45. The topological polar surface area (TPSA) is 46.2 Å². The molecule has 0 aromatic rings. The molecule has 0 aliphatic heterocycles. The van der Waals surface area contributed by atoms with Gasteiger partial charge in [-0.05, 0) is 19.8 Å². The van der Waals surface area contributed by atoms with E-state index in [1.54, 1.807) is 6.08 Å². The first-order chi connectivity index (χ1) is 6.03. The van der Waals surface area contributed by atoms with E-state index >= 15 is 0 Å². The van der Waals surface area contributed by atoms with E-state index in [9.17, 15) is 9.59 Å². The van der Waals surface area contributed by atoms with Crippen molar-refractivity contribution >= 4 is 11.7 Å². The number of hydrogen-bond acceptors (Lipinski definition) is 2. The average Bonchev–Trinajstić information content (AvgIpc) is 1.98. The van der Waals surface area contributed by atoms with E-state index in [0.717, 1.165) is 12.8 Å². The maximum atomic E-state index is 11.4. The summed E-state index contributed by atoms with van der Waals surface area (Å²) < 4.78 is 0. The molecule has 3 heteroatoms. The SMILES string of the molecule is C=CC1CCC1(NC(C)=O)C(C)=O. The molecule has 2 atom stereocenters. The smallest absolute Gasteiger partial charge is 0.217 e. The van der Waals surface area contributed by atoms with Gasteiger partial charge < -0.3 is 5.32 Å². The fourth-order valence-electron chi connectivity index (χ4n) is 1.91. The molecule has 72 valence electrons. The fourth-order valence-corrected chi connectivity index (χ4v) is 1.91. The highest BCUT2D eigenvalue weighted by Gasteiger charge is 2.49. The molecule has 1 fully saturated rings. The minimum atomic E-state index is -0.645. The third-order valence-corrected chi connectivity index (χ3v) is 2.79. The number of Topliss-reactive ketones (excluding diaryl/α,β-unsaturated/α-hetero) is 1. The number of nitrogens with one attached hydrogen (secondary N) is 1. The predicted molar refractivity (Wildman–Crippen MR) is 50.1 cm³/mol. The minimum Gasteiger partial charge on any atom is -0.343 e. The summed E-state index contributed by atoms with van der Waals surface area (Å²) in [7, 11) is 0. The molecule has 1 saturated carbocycles. The van der Waals surface area contributed by atoms with Gasteiger partial charge in [0, 0.05) is 12.8 Å². The Morgan fingerprint density at radius 3 is 2.38 bits per heavy atom. The van der Waals surface area contributed by atoms with Crippen LogP contribution in [0, 0.1) is 5.92 Å². The zero-order chi connectivity index (χ0) is 10.1. The molecule has 13 heavy (non-hydrogen) atoms. The number of carbonyl (C=O) groups is 2. The van der Waals surface area contributed by atoms with E-state index in [4.69, 9.17) is 0 Å². The van der Waals surface area contributed by atoms with Crippen LogP contribution in [0.3, 0.4) is 0 Å². The number of amides is 1. The van der Waals surface area contributed by atoms with Crippen molar-refractivity contribution in [2.45, 2.75) is 32.2 Å². The van der Waals surface area contributed by atoms with Crippen molar-refractivity contribution in [2.75, 3.05) is 0 Å². The number of ketones is 1. The van der Waals surface area contributed by atoms with Crippen molar-refractivity contribution in [3.05, 3.63) is 12.7 Å². The molecule has 1 amide bonds. The lowest BCUT2D eigenvalue weighted by Gasteiger charge is -2.46. The summed E-state index contributed by atoms with van der Waals surface area (Å²) in [5.74, 6) is -0.0190. The predicted octanol–water partition coefficient (Wildman–Crippen LogP) is 1.05. The lowest BCUT2D eigenvalue weighted by Crippen LogP contribution is -2.63. The van der Waals surface area contributed by atoms with Gasteiger partial charge in [0.25, 0.3) is 0 Å². The largest absolute Gasteiger partial charge is 0.343 e. The second kappa shape index (κ2) is 3.32. The van der Waals surface area contributed by atoms with Crippen LogP contribution in [0.15, 0.2) is 12.7 Å². The van der Waals surface area contributed by atoms with Gasteiger partial charge in [0.05, 0.1) is 0 Å². The van der Waals surface area contributed by atoms with Crippen LogP contribution in [0.25, 0.3) is 0 Å². The van der Waals surface area contributed by atoms with Gasteiger partial charge >= 0.3 is 0 Å². The van der Waals surface area contributed by atoms with E-state index in [1.807, 2.05) is 0 Å². The van der Waals surface area contributed by atoms with Gasteiger partial charge in [0.1, 0.15) is 5.54 Å². The van der Waals surface area contributed by atoms with Crippen LogP contribution in [0.4, 0.5) is 0 Å². The van der Waals surface area contributed by atoms with Crippen molar-refractivity contribution in [2.24, 2.45) is 5.92 Å². The molecular weight excluding hydrogens is 166 g/mol. The van der Waals surface area contributed by atoms with E-state index in [1.165, 1.54) is 13.8 Å². The second-order valence-corrected chi connectivity index (χ2v) is 3.59. The Balaban J connectivity index is 2.82. The minimum absolute atomic E-state index is 0.0267. The van der Waals surface area contributed by atoms with E-state index in [2.05, 4.69) is 11.9 Å². The van der Waals surface area contributed by atoms with Crippen LogP contribution in [0.1, 0.15) is 26.7 Å². The molecule has 3 nitrogen and oxygen atoms in total. The quantitative estimate of drug-likeness (QED) is 0.661. The maximum Gasteiger partial charge on any atom is 0.217 e. The number of carbonyl (C=O) groups excluding carboxylic acids is 2. The van der Waals surface area contributed by atoms with Crippen molar-refractivity contribution in [3.8, 4) is 0 Å². The Morgan fingerprint density at radius 2 is 2.15 bits per heavy atom. The fraction of sp³-hybridized carbons (Fsp3) is 0.600. The lowest BCUT2D eigenvalue weighted by molar-refractivity contribution is -0.135. The van der Waals surface area contributed by atoms with Gasteiger partial charge in [-0.25, -0.2) is 0 Å². The van der Waals surface area contributed by atoms with Gasteiger partial charge in [0.15, 0.2) is 5.78 Å². The molecule has 0 saturated heterocycles. The molecule has 1 aliphatic rings.